The molecular formula is C17H15ClF3NOS. The summed E-state index contributed by atoms with van der Waals surface area (Å²) in [6, 6.07) is 9.11. The van der Waals surface area contributed by atoms with Crippen molar-refractivity contribution < 1.29 is 18.0 Å². The zero-order valence-electron chi connectivity index (χ0n) is 13.0. The molecule has 0 aliphatic heterocycles. The molecule has 0 radical (unpaired) electrons. The third-order valence-electron chi connectivity index (χ3n) is 3.26. The maximum atomic E-state index is 13.0. The first-order valence-electron chi connectivity index (χ1n) is 7.03. The molecule has 128 valence electrons. The topological polar surface area (TPSA) is 29.1 Å². The number of aryl methyl sites for hydroxylation is 2. The van der Waals surface area contributed by atoms with Crippen LogP contribution in [0.4, 0.5) is 18.9 Å². The first-order valence-corrected chi connectivity index (χ1v) is 8.40. The monoisotopic (exact) mass is 373 g/mol. The van der Waals surface area contributed by atoms with Crippen molar-refractivity contribution in [2.24, 2.45) is 0 Å². The number of nitrogens with one attached hydrogen (secondary N) is 1. The van der Waals surface area contributed by atoms with Crippen LogP contribution in [0.1, 0.15) is 16.7 Å². The van der Waals surface area contributed by atoms with Crippen LogP contribution in [0.25, 0.3) is 0 Å². The minimum Gasteiger partial charge on any atom is -0.325 e. The molecule has 0 bridgehead atoms. The average Bonchev–Trinajstić information content (AvgIpc) is 2.49. The molecule has 1 amide bonds. The van der Waals surface area contributed by atoms with Crippen LogP contribution in [-0.2, 0) is 11.0 Å². The fourth-order valence-corrected chi connectivity index (χ4v) is 3.15. The molecule has 1 N–H and O–H groups in total. The number of rotatable bonds is 4. The number of amides is 1. The Morgan fingerprint density at radius 2 is 1.88 bits per heavy atom. The summed E-state index contributed by atoms with van der Waals surface area (Å²) < 4.78 is 39.0. The summed E-state index contributed by atoms with van der Waals surface area (Å²) in [4.78, 5) is 12.9. The summed E-state index contributed by atoms with van der Waals surface area (Å²) in [5, 5.41) is 2.27. The van der Waals surface area contributed by atoms with E-state index in [1.165, 1.54) is 17.8 Å². The van der Waals surface area contributed by atoms with E-state index in [1.54, 1.807) is 0 Å². The van der Waals surface area contributed by atoms with Crippen molar-refractivity contribution in [1.82, 2.24) is 0 Å². The molecule has 0 atom stereocenters. The highest BCUT2D eigenvalue weighted by Crippen LogP contribution is 2.36. The molecule has 2 nitrogen and oxygen atoms in total. The molecule has 0 aliphatic rings. The van der Waals surface area contributed by atoms with E-state index in [1.807, 2.05) is 32.0 Å². The van der Waals surface area contributed by atoms with E-state index in [0.29, 0.717) is 0 Å². The van der Waals surface area contributed by atoms with Crippen LogP contribution in [0.2, 0.25) is 5.02 Å². The van der Waals surface area contributed by atoms with Crippen molar-refractivity contribution in [3.05, 3.63) is 58.1 Å². The first-order chi connectivity index (χ1) is 11.2. The number of thioether (sulfide) groups is 1. The van der Waals surface area contributed by atoms with Gasteiger partial charge in [0.2, 0.25) is 5.91 Å². The molecule has 24 heavy (non-hydrogen) atoms. The highest BCUT2D eigenvalue weighted by Gasteiger charge is 2.34. The Balaban J connectivity index is 2.09. The van der Waals surface area contributed by atoms with Crippen LogP contribution in [0.15, 0.2) is 41.3 Å². The molecule has 0 saturated heterocycles. The van der Waals surface area contributed by atoms with Crippen LogP contribution in [0.3, 0.4) is 0 Å². The number of carbonyl (C=O) groups excluding carboxylic acids is 1. The Labute approximate surface area is 147 Å². The Hall–Kier alpha value is -1.66. The zero-order chi connectivity index (χ0) is 17.9. The van der Waals surface area contributed by atoms with Gasteiger partial charge in [-0.15, -0.1) is 11.8 Å². The number of benzene rings is 2. The van der Waals surface area contributed by atoms with Crippen LogP contribution in [0.5, 0.6) is 0 Å². The average molecular weight is 374 g/mol. The molecule has 2 rings (SSSR count). The van der Waals surface area contributed by atoms with Gasteiger partial charge in [0.15, 0.2) is 0 Å². The van der Waals surface area contributed by atoms with Gasteiger partial charge in [0.25, 0.3) is 0 Å². The van der Waals surface area contributed by atoms with Crippen molar-refractivity contribution in [2.75, 3.05) is 11.1 Å². The van der Waals surface area contributed by atoms with Gasteiger partial charge in [-0.25, -0.2) is 0 Å². The molecular weight excluding hydrogens is 359 g/mol. The lowest BCUT2D eigenvalue weighted by Crippen LogP contribution is -2.18. The maximum Gasteiger partial charge on any atom is 0.418 e. The molecule has 0 saturated carbocycles. The van der Waals surface area contributed by atoms with Gasteiger partial charge in [-0.3, -0.25) is 4.79 Å². The van der Waals surface area contributed by atoms with E-state index in [2.05, 4.69) is 5.32 Å². The second-order valence-electron chi connectivity index (χ2n) is 5.29. The number of alkyl halides is 3. The van der Waals surface area contributed by atoms with Crippen LogP contribution in [0, 0.1) is 13.8 Å². The van der Waals surface area contributed by atoms with Crippen LogP contribution < -0.4 is 5.32 Å². The Kier molecular flexibility index (Phi) is 5.83. The zero-order valence-corrected chi connectivity index (χ0v) is 14.6. The van der Waals surface area contributed by atoms with Crippen LogP contribution >= 0.6 is 23.4 Å². The normalized spacial score (nSPS) is 11.4. The third kappa shape index (κ3) is 4.92. The van der Waals surface area contributed by atoms with E-state index in [4.69, 9.17) is 11.6 Å². The number of hydrogen-bond acceptors (Lipinski definition) is 2. The summed E-state index contributed by atoms with van der Waals surface area (Å²) >= 11 is 6.90. The van der Waals surface area contributed by atoms with Crippen molar-refractivity contribution >= 4 is 35.0 Å². The smallest absolute Gasteiger partial charge is 0.325 e. The van der Waals surface area contributed by atoms with Gasteiger partial charge in [-0.1, -0.05) is 29.3 Å². The van der Waals surface area contributed by atoms with Gasteiger partial charge < -0.3 is 5.32 Å². The highest BCUT2D eigenvalue weighted by molar-refractivity contribution is 8.00. The quantitative estimate of drug-likeness (QED) is 0.696. The molecule has 0 spiro atoms. The van der Waals surface area contributed by atoms with E-state index >= 15 is 0 Å². The van der Waals surface area contributed by atoms with Crippen molar-refractivity contribution in [3.8, 4) is 0 Å². The molecule has 0 unspecified atom stereocenters. The van der Waals surface area contributed by atoms with Gasteiger partial charge in [-0.2, -0.15) is 13.2 Å². The van der Waals surface area contributed by atoms with E-state index in [-0.39, 0.29) is 16.5 Å². The molecule has 0 fully saturated rings. The summed E-state index contributed by atoms with van der Waals surface area (Å²) in [6.07, 6.45) is -4.59. The molecule has 7 heteroatoms. The number of hydrogen-bond donors (Lipinski definition) is 1. The molecule has 0 heterocycles. The number of carbonyl (C=O) groups is 1. The van der Waals surface area contributed by atoms with Crippen molar-refractivity contribution in [3.63, 3.8) is 0 Å². The van der Waals surface area contributed by atoms with Gasteiger partial charge >= 0.3 is 6.18 Å². The van der Waals surface area contributed by atoms with E-state index < -0.39 is 17.6 Å². The minimum absolute atomic E-state index is 0.0181. The lowest BCUT2D eigenvalue weighted by Gasteiger charge is -2.14. The largest absolute Gasteiger partial charge is 0.418 e. The highest BCUT2D eigenvalue weighted by atomic mass is 35.5. The number of halogens is 4. The lowest BCUT2D eigenvalue weighted by atomic mass is 10.1. The molecule has 0 aliphatic carbocycles. The van der Waals surface area contributed by atoms with Crippen molar-refractivity contribution in [2.45, 2.75) is 24.9 Å². The van der Waals surface area contributed by atoms with Gasteiger partial charge in [0.05, 0.1) is 17.0 Å². The molecule has 2 aromatic carbocycles. The summed E-state index contributed by atoms with van der Waals surface area (Å²) in [5.41, 5.74) is 0.819. The van der Waals surface area contributed by atoms with Gasteiger partial charge in [-0.05, 0) is 43.7 Å². The fraction of sp³-hybridized carbons (Fsp3) is 0.235. The Morgan fingerprint density at radius 3 is 2.54 bits per heavy atom. The Morgan fingerprint density at radius 1 is 1.17 bits per heavy atom. The third-order valence-corrected chi connectivity index (χ3v) is 4.66. The van der Waals surface area contributed by atoms with Crippen LogP contribution in [-0.4, -0.2) is 11.7 Å². The fourth-order valence-electron chi connectivity index (χ4n) is 2.05. The van der Waals surface area contributed by atoms with E-state index in [0.717, 1.165) is 28.2 Å². The predicted molar refractivity (Wildman–Crippen MR) is 91.7 cm³/mol. The minimum atomic E-state index is -4.59. The number of anilines is 1. The maximum absolute atomic E-state index is 13.0. The lowest BCUT2D eigenvalue weighted by molar-refractivity contribution is -0.137. The standard InChI is InChI=1S/C17H15ClF3NOS/c1-10-3-4-11(2)15(7-10)24-9-16(23)22-14-6-5-12(18)8-13(14)17(19,20)21/h3-8H,9H2,1-2H3,(H,22,23). The van der Waals surface area contributed by atoms with Crippen molar-refractivity contribution in [1.29, 1.82) is 0 Å². The summed E-state index contributed by atoms with van der Waals surface area (Å²) in [6.45, 7) is 3.85. The van der Waals surface area contributed by atoms with E-state index in [9.17, 15) is 18.0 Å². The SMILES string of the molecule is Cc1ccc(C)c(SCC(=O)Nc2ccc(Cl)cc2C(F)(F)F)c1. The molecule has 0 aromatic heterocycles. The molecule has 2 aromatic rings. The van der Waals surface area contributed by atoms with Gasteiger partial charge in [0, 0.05) is 9.92 Å². The second kappa shape index (κ2) is 7.49. The predicted octanol–water partition coefficient (Wildman–Crippen LogP) is 5.71. The first kappa shape index (κ1) is 18.7. The second-order valence-corrected chi connectivity index (χ2v) is 6.75. The Bertz CT molecular complexity index is 762. The summed E-state index contributed by atoms with van der Waals surface area (Å²) in [5.74, 6) is -0.488. The van der Waals surface area contributed by atoms with Gasteiger partial charge in [0.1, 0.15) is 0 Å². The summed E-state index contributed by atoms with van der Waals surface area (Å²) in [7, 11) is 0.